The number of amides is 2. The second-order valence-electron chi connectivity index (χ2n) is 8.56. The number of nitrogens with zero attached hydrogens (tertiary/aromatic N) is 5. The molecule has 1 unspecified atom stereocenters. The first-order chi connectivity index (χ1) is 16.6. The van der Waals surface area contributed by atoms with Crippen molar-refractivity contribution in [3.8, 4) is 0 Å². The Morgan fingerprint density at radius 3 is 2.56 bits per heavy atom. The van der Waals surface area contributed by atoms with Crippen LogP contribution in [0, 0.1) is 0 Å². The van der Waals surface area contributed by atoms with Crippen LogP contribution in [-0.4, -0.2) is 62.8 Å². The zero-order chi connectivity index (χ0) is 23.5. The van der Waals surface area contributed by atoms with Crippen molar-refractivity contribution in [1.82, 2.24) is 30.2 Å². The summed E-state index contributed by atoms with van der Waals surface area (Å²) < 4.78 is 0. The van der Waals surface area contributed by atoms with Gasteiger partial charge >= 0.3 is 0 Å². The van der Waals surface area contributed by atoms with Crippen molar-refractivity contribution in [2.24, 2.45) is 0 Å². The van der Waals surface area contributed by atoms with Gasteiger partial charge in [-0.05, 0) is 44.5 Å². The van der Waals surface area contributed by atoms with Crippen LogP contribution in [0.5, 0.6) is 0 Å². The van der Waals surface area contributed by atoms with Crippen LogP contribution >= 0.6 is 0 Å². The lowest BCUT2D eigenvalue weighted by atomic mass is 10.1. The molecule has 0 aromatic carbocycles. The SMILES string of the molecule is CNC1CCN(C(=O)c2ccncc2NC(=O)c2nc(C3CC3)ccc2Nc2cncnc2)C1. The number of likely N-dealkylation sites (tertiary alicyclic amines) is 1. The molecule has 1 aliphatic heterocycles. The maximum absolute atomic E-state index is 13.4. The van der Waals surface area contributed by atoms with Gasteiger partial charge in [0.25, 0.3) is 11.8 Å². The predicted molar refractivity (Wildman–Crippen MR) is 127 cm³/mol. The van der Waals surface area contributed by atoms with Gasteiger partial charge in [-0.15, -0.1) is 0 Å². The van der Waals surface area contributed by atoms with Crippen molar-refractivity contribution < 1.29 is 9.59 Å². The van der Waals surface area contributed by atoms with Gasteiger partial charge in [-0.3, -0.25) is 14.6 Å². The van der Waals surface area contributed by atoms with E-state index in [1.54, 1.807) is 29.6 Å². The number of hydrogen-bond acceptors (Lipinski definition) is 8. The second kappa shape index (κ2) is 9.52. The first-order valence-corrected chi connectivity index (χ1v) is 11.4. The van der Waals surface area contributed by atoms with Gasteiger partial charge in [0, 0.05) is 36.9 Å². The first-order valence-electron chi connectivity index (χ1n) is 11.4. The fourth-order valence-electron chi connectivity index (χ4n) is 4.09. The average molecular weight is 459 g/mol. The molecule has 0 spiro atoms. The van der Waals surface area contributed by atoms with Gasteiger partial charge in [0.15, 0.2) is 5.69 Å². The van der Waals surface area contributed by atoms with E-state index in [4.69, 9.17) is 0 Å². The van der Waals surface area contributed by atoms with Gasteiger partial charge < -0.3 is 20.9 Å². The maximum atomic E-state index is 13.4. The number of likely N-dealkylation sites (N-methyl/N-ethyl adjacent to an activating group) is 1. The number of carbonyl (C=O) groups is 2. The average Bonchev–Trinajstić information content (AvgIpc) is 3.61. The van der Waals surface area contributed by atoms with Gasteiger partial charge in [0.05, 0.1) is 41.2 Å². The predicted octanol–water partition coefficient (Wildman–Crippen LogP) is 2.57. The lowest BCUT2D eigenvalue weighted by Crippen LogP contribution is -2.34. The van der Waals surface area contributed by atoms with Gasteiger partial charge in [-0.2, -0.15) is 0 Å². The minimum Gasteiger partial charge on any atom is -0.351 e. The molecule has 3 N–H and O–H groups in total. The molecule has 34 heavy (non-hydrogen) atoms. The Hall–Kier alpha value is -3.92. The summed E-state index contributed by atoms with van der Waals surface area (Å²) in [5, 5.41) is 9.26. The molecular formula is C24H26N8O2. The molecule has 1 saturated heterocycles. The number of anilines is 3. The topological polar surface area (TPSA) is 125 Å². The van der Waals surface area contributed by atoms with E-state index in [9.17, 15) is 9.59 Å². The van der Waals surface area contributed by atoms with Crippen LogP contribution in [0.15, 0.2) is 49.3 Å². The van der Waals surface area contributed by atoms with Crippen molar-refractivity contribution >= 4 is 28.9 Å². The number of rotatable bonds is 7. The lowest BCUT2D eigenvalue weighted by molar-refractivity contribution is 0.0790. The van der Waals surface area contributed by atoms with Crippen molar-refractivity contribution in [2.75, 3.05) is 30.8 Å². The molecule has 3 aromatic rings. The largest absolute Gasteiger partial charge is 0.351 e. The van der Waals surface area contributed by atoms with E-state index in [2.05, 4.69) is 35.9 Å². The molecule has 0 radical (unpaired) electrons. The summed E-state index contributed by atoms with van der Waals surface area (Å²) in [6.07, 6.45) is 10.8. The summed E-state index contributed by atoms with van der Waals surface area (Å²) >= 11 is 0. The maximum Gasteiger partial charge on any atom is 0.276 e. The quantitative estimate of drug-likeness (QED) is 0.493. The van der Waals surface area contributed by atoms with E-state index in [0.29, 0.717) is 41.6 Å². The van der Waals surface area contributed by atoms with Crippen LogP contribution < -0.4 is 16.0 Å². The van der Waals surface area contributed by atoms with Crippen LogP contribution in [0.25, 0.3) is 0 Å². The Bertz CT molecular complexity index is 1200. The molecule has 174 valence electrons. The monoisotopic (exact) mass is 458 g/mol. The van der Waals surface area contributed by atoms with Crippen molar-refractivity contribution in [3.63, 3.8) is 0 Å². The third-order valence-electron chi connectivity index (χ3n) is 6.15. The molecule has 0 bridgehead atoms. The number of nitrogens with one attached hydrogen (secondary N) is 3. The fourth-order valence-corrected chi connectivity index (χ4v) is 4.09. The number of pyridine rings is 2. The van der Waals surface area contributed by atoms with E-state index in [-0.39, 0.29) is 17.6 Å². The van der Waals surface area contributed by atoms with E-state index in [0.717, 1.165) is 25.0 Å². The van der Waals surface area contributed by atoms with Crippen LogP contribution in [0.1, 0.15) is 51.7 Å². The molecule has 4 heterocycles. The fraction of sp³-hybridized carbons (Fsp3) is 0.333. The number of hydrogen-bond donors (Lipinski definition) is 3. The van der Waals surface area contributed by atoms with Crippen LogP contribution in [0.4, 0.5) is 17.1 Å². The van der Waals surface area contributed by atoms with Crippen LogP contribution in [-0.2, 0) is 0 Å². The van der Waals surface area contributed by atoms with Crippen molar-refractivity contribution in [1.29, 1.82) is 0 Å². The minimum absolute atomic E-state index is 0.130. The highest BCUT2D eigenvalue weighted by Crippen LogP contribution is 2.39. The molecule has 1 aliphatic carbocycles. The van der Waals surface area contributed by atoms with E-state index in [1.165, 1.54) is 12.5 Å². The van der Waals surface area contributed by atoms with Gasteiger partial charge in [-0.1, -0.05) is 0 Å². The van der Waals surface area contributed by atoms with E-state index < -0.39 is 5.91 Å². The third-order valence-corrected chi connectivity index (χ3v) is 6.15. The van der Waals surface area contributed by atoms with Crippen molar-refractivity contribution in [2.45, 2.75) is 31.2 Å². The van der Waals surface area contributed by atoms with E-state index in [1.807, 2.05) is 19.2 Å². The normalized spacial score (nSPS) is 17.4. The molecule has 10 heteroatoms. The molecular weight excluding hydrogens is 432 g/mol. The van der Waals surface area contributed by atoms with E-state index >= 15 is 0 Å². The lowest BCUT2D eigenvalue weighted by Gasteiger charge is -2.19. The van der Waals surface area contributed by atoms with Crippen LogP contribution in [0.3, 0.4) is 0 Å². The second-order valence-corrected chi connectivity index (χ2v) is 8.56. The van der Waals surface area contributed by atoms with Gasteiger partial charge in [-0.25, -0.2) is 15.0 Å². The zero-order valence-electron chi connectivity index (χ0n) is 18.9. The Morgan fingerprint density at radius 2 is 1.82 bits per heavy atom. The Labute approximate surface area is 197 Å². The summed E-state index contributed by atoms with van der Waals surface area (Å²) in [5.74, 6) is -0.167. The van der Waals surface area contributed by atoms with Crippen molar-refractivity contribution in [3.05, 3.63) is 66.3 Å². The highest BCUT2D eigenvalue weighted by Gasteiger charge is 2.29. The third kappa shape index (κ3) is 4.72. The molecule has 2 fully saturated rings. The summed E-state index contributed by atoms with van der Waals surface area (Å²) in [4.78, 5) is 45.2. The number of aromatic nitrogens is 4. The first kappa shape index (κ1) is 21.9. The zero-order valence-corrected chi connectivity index (χ0v) is 18.9. The molecule has 10 nitrogen and oxygen atoms in total. The van der Waals surface area contributed by atoms with Gasteiger partial charge in [0.2, 0.25) is 0 Å². The Morgan fingerprint density at radius 1 is 1.00 bits per heavy atom. The highest BCUT2D eigenvalue weighted by molar-refractivity contribution is 6.10. The molecule has 2 amide bonds. The summed E-state index contributed by atoms with van der Waals surface area (Å²) in [7, 11) is 1.90. The van der Waals surface area contributed by atoms with Crippen LogP contribution in [0.2, 0.25) is 0 Å². The summed E-state index contributed by atoms with van der Waals surface area (Å²) in [6.45, 7) is 1.29. The highest BCUT2D eigenvalue weighted by atomic mass is 16.2. The van der Waals surface area contributed by atoms with Gasteiger partial charge in [0.1, 0.15) is 6.33 Å². The number of carbonyl (C=O) groups excluding carboxylic acids is 2. The minimum atomic E-state index is -0.418. The molecule has 1 atom stereocenters. The molecule has 3 aromatic heterocycles. The molecule has 5 rings (SSSR count). The summed E-state index contributed by atoms with van der Waals surface area (Å²) in [5.41, 5.74) is 3.07. The summed E-state index contributed by atoms with van der Waals surface area (Å²) in [6, 6.07) is 5.69. The smallest absolute Gasteiger partial charge is 0.276 e. The Kier molecular flexibility index (Phi) is 6.13. The Balaban J connectivity index is 1.41. The standard InChI is InChI=1S/C24H26N8O2/c1-25-16-7-9-32(13-16)24(34)18-6-8-26-12-21(18)31-23(33)22-20(29-17-10-27-14-28-11-17)5-4-19(30-22)15-2-3-15/h4-6,8,10-12,14-16,25,29H,2-3,7,9,13H2,1H3,(H,31,33). The molecule has 1 saturated carbocycles. The molecule has 2 aliphatic rings.